The van der Waals surface area contributed by atoms with Gasteiger partial charge in [0, 0.05) is 19.2 Å². The highest BCUT2D eigenvalue weighted by Gasteiger charge is 2.01. The van der Waals surface area contributed by atoms with Gasteiger partial charge in [-0.25, -0.2) is 0 Å². The van der Waals surface area contributed by atoms with Crippen LogP contribution < -0.4 is 11.5 Å². The van der Waals surface area contributed by atoms with E-state index in [1.54, 1.807) is 4.68 Å². The predicted molar refractivity (Wildman–Crippen MR) is 57.4 cm³/mol. The molecule has 0 spiro atoms. The Morgan fingerprint density at radius 1 is 1.57 bits per heavy atom. The Bertz CT molecular complexity index is 304. The third-order valence-electron chi connectivity index (χ3n) is 1.80. The number of carbonyl (C=O) groups is 1. The number of hydrogen-bond donors (Lipinski definition) is 2. The zero-order valence-electron chi connectivity index (χ0n) is 7.74. The normalized spacial score (nSPS) is 10.4. The van der Waals surface area contributed by atoms with Gasteiger partial charge in [0.15, 0.2) is 5.82 Å². The van der Waals surface area contributed by atoms with Crippen LogP contribution in [-0.4, -0.2) is 15.7 Å². The van der Waals surface area contributed by atoms with Gasteiger partial charge < -0.3 is 11.5 Å². The van der Waals surface area contributed by atoms with Crippen molar-refractivity contribution in [2.45, 2.75) is 25.8 Å². The van der Waals surface area contributed by atoms with Gasteiger partial charge in [0.2, 0.25) is 5.91 Å². The van der Waals surface area contributed by atoms with Gasteiger partial charge in [0.1, 0.15) is 0 Å². The van der Waals surface area contributed by atoms with Crippen molar-refractivity contribution in [2.24, 2.45) is 5.73 Å². The largest absolute Gasteiger partial charge is 0.381 e. The minimum atomic E-state index is -0.258. The standard InChI is InChI=1S/C8H13BrN4O/c9-6-5-13(12-8(6)11)4-2-1-3-7(10)14/h5H,1-4H2,(H2,10,14)(H2,11,12). The molecule has 1 aromatic heterocycles. The minimum Gasteiger partial charge on any atom is -0.381 e. The monoisotopic (exact) mass is 260 g/mol. The van der Waals surface area contributed by atoms with Crippen molar-refractivity contribution in [1.29, 1.82) is 0 Å². The molecule has 0 radical (unpaired) electrons. The lowest BCUT2D eigenvalue weighted by molar-refractivity contribution is -0.118. The van der Waals surface area contributed by atoms with Gasteiger partial charge in [-0.1, -0.05) is 0 Å². The van der Waals surface area contributed by atoms with E-state index in [4.69, 9.17) is 11.5 Å². The summed E-state index contributed by atoms with van der Waals surface area (Å²) in [5, 5.41) is 4.06. The summed E-state index contributed by atoms with van der Waals surface area (Å²) in [6, 6.07) is 0. The number of nitrogens with two attached hydrogens (primary N) is 2. The number of aryl methyl sites for hydroxylation is 1. The van der Waals surface area contributed by atoms with E-state index in [2.05, 4.69) is 21.0 Å². The minimum absolute atomic E-state index is 0.258. The molecule has 4 N–H and O–H groups in total. The fraction of sp³-hybridized carbons (Fsp3) is 0.500. The maximum absolute atomic E-state index is 10.4. The summed E-state index contributed by atoms with van der Waals surface area (Å²) in [6.45, 7) is 0.753. The molecular weight excluding hydrogens is 248 g/mol. The van der Waals surface area contributed by atoms with E-state index in [1.807, 2.05) is 6.20 Å². The Labute approximate surface area is 90.6 Å². The van der Waals surface area contributed by atoms with Gasteiger partial charge in [-0.2, -0.15) is 5.10 Å². The van der Waals surface area contributed by atoms with Crippen molar-refractivity contribution in [3.05, 3.63) is 10.7 Å². The highest BCUT2D eigenvalue weighted by molar-refractivity contribution is 9.10. The second-order valence-corrected chi connectivity index (χ2v) is 3.90. The number of halogens is 1. The van der Waals surface area contributed by atoms with Crippen molar-refractivity contribution in [3.8, 4) is 0 Å². The second-order valence-electron chi connectivity index (χ2n) is 3.05. The fourth-order valence-electron chi connectivity index (χ4n) is 1.10. The van der Waals surface area contributed by atoms with Gasteiger partial charge in [0.25, 0.3) is 0 Å². The number of rotatable bonds is 5. The van der Waals surface area contributed by atoms with Gasteiger partial charge in [-0.15, -0.1) is 0 Å². The molecule has 1 heterocycles. The average Bonchev–Trinajstić information content (AvgIpc) is 2.40. The Kier molecular flexibility index (Phi) is 3.94. The van der Waals surface area contributed by atoms with Crippen LogP contribution in [0.4, 0.5) is 5.82 Å². The van der Waals surface area contributed by atoms with Gasteiger partial charge >= 0.3 is 0 Å². The molecule has 0 saturated carbocycles. The molecule has 0 aliphatic heterocycles. The zero-order chi connectivity index (χ0) is 10.6. The van der Waals surface area contributed by atoms with Crippen LogP contribution in [0.2, 0.25) is 0 Å². The number of primary amides is 1. The molecule has 0 bridgehead atoms. The lowest BCUT2D eigenvalue weighted by Gasteiger charge is -1.99. The molecular formula is C8H13BrN4O. The number of hydrogen-bond acceptors (Lipinski definition) is 3. The van der Waals surface area contributed by atoms with E-state index in [9.17, 15) is 4.79 Å². The summed E-state index contributed by atoms with van der Waals surface area (Å²) < 4.78 is 2.55. The number of carbonyl (C=O) groups excluding carboxylic acids is 1. The van der Waals surface area contributed by atoms with E-state index < -0.39 is 0 Å². The summed E-state index contributed by atoms with van der Waals surface area (Å²) in [4.78, 5) is 10.4. The van der Waals surface area contributed by atoms with E-state index >= 15 is 0 Å². The molecule has 78 valence electrons. The van der Waals surface area contributed by atoms with E-state index in [0.29, 0.717) is 12.2 Å². The Morgan fingerprint density at radius 3 is 2.79 bits per heavy atom. The first-order valence-electron chi connectivity index (χ1n) is 4.36. The molecule has 0 aromatic carbocycles. The van der Waals surface area contributed by atoms with Gasteiger partial charge in [-0.05, 0) is 28.8 Å². The van der Waals surface area contributed by atoms with Crippen molar-refractivity contribution in [3.63, 3.8) is 0 Å². The van der Waals surface area contributed by atoms with Crippen molar-refractivity contribution in [1.82, 2.24) is 9.78 Å². The maximum atomic E-state index is 10.4. The lowest BCUT2D eigenvalue weighted by atomic mass is 10.2. The topological polar surface area (TPSA) is 86.9 Å². The summed E-state index contributed by atoms with van der Waals surface area (Å²) in [5.41, 5.74) is 10.6. The van der Waals surface area contributed by atoms with Crippen molar-refractivity contribution >= 4 is 27.7 Å². The molecule has 1 amide bonds. The third-order valence-corrected chi connectivity index (χ3v) is 2.41. The van der Waals surface area contributed by atoms with Crippen LogP contribution in [0.3, 0.4) is 0 Å². The molecule has 14 heavy (non-hydrogen) atoms. The number of nitrogen functional groups attached to an aromatic ring is 1. The summed E-state index contributed by atoms with van der Waals surface area (Å²) in [7, 11) is 0. The molecule has 1 aromatic rings. The second kappa shape index (κ2) is 4.99. The zero-order valence-corrected chi connectivity index (χ0v) is 9.33. The maximum Gasteiger partial charge on any atom is 0.217 e. The number of anilines is 1. The first-order valence-corrected chi connectivity index (χ1v) is 5.15. The number of amides is 1. The first kappa shape index (κ1) is 11.0. The smallest absolute Gasteiger partial charge is 0.217 e. The van der Waals surface area contributed by atoms with Gasteiger partial charge in [0.05, 0.1) is 4.47 Å². The van der Waals surface area contributed by atoms with Gasteiger partial charge in [-0.3, -0.25) is 9.48 Å². The van der Waals surface area contributed by atoms with Crippen molar-refractivity contribution < 1.29 is 4.79 Å². The number of unbranched alkanes of at least 4 members (excludes halogenated alkanes) is 1. The van der Waals surface area contributed by atoms with Crippen LogP contribution in [0, 0.1) is 0 Å². The Balaban J connectivity index is 2.28. The molecule has 6 heteroatoms. The summed E-state index contributed by atoms with van der Waals surface area (Å²) >= 11 is 3.27. The van der Waals surface area contributed by atoms with E-state index in [-0.39, 0.29) is 5.91 Å². The van der Waals surface area contributed by atoms with E-state index in [0.717, 1.165) is 23.9 Å². The lowest BCUT2D eigenvalue weighted by Crippen LogP contribution is -2.10. The Morgan fingerprint density at radius 2 is 2.29 bits per heavy atom. The summed E-state index contributed by atoms with van der Waals surface area (Å²) in [5.74, 6) is 0.228. The van der Waals surface area contributed by atoms with Crippen molar-refractivity contribution in [2.75, 3.05) is 5.73 Å². The number of aromatic nitrogens is 2. The highest BCUT2D eigenvalue weighted by atomic mass is 79.9. The summed E-state index contributed by atoms with van der Waals surface area (Å²) in [6.07, 6.45) is 3.90. The molecule has 0 unspecified atom stereocenters. The molecule has 5 nitrogen and oxygen atoms in total. The molecule has 0 aliphatic carbocycles. The molecule has 0 saturated heterocycles. The predicted octanol–water partition coefficient (Wildman–Crippen LogP) is 0.883. The van der Waals surface area contributed by atoms with Crippen LogP contribution >= 0.6 is 15.9 Å². The Hall–Kier alpha value is -1.04. The average molecular weight is 261 g/mol. The molecule has 1 rings (SSSR count). The third kappa shape index (κ3) is 3.37. The van der Waals surface area contributed by atoms with Crippen LogP contribution in [0.15, 0.2) is 10.7 Å². The van der Waals surface area contributed by atoms with E-state index in [1.165, 1.54) is 0 Å². The molecule has 0 atom stereocenters. The van der Waals surface area contributed by atoms with Crippen LogP contribution in [0.1, 0.15) is 19.3 Å². The van der Waals surface area contributed by atoms with Crippen LogP contribution in [0.5, 0.6) is 0 Å². The fourth-order valence-corrected chi connectivity index (χ4v) is 1.42. The first-order chi connectivity index (χ1) is 6.59. The highest BCUT2D eigenvalue weighted by Crippen LogP contribution is 2.16. The quantitative estimate of drug-likeness (QED) is 0.771. The van der Waals surface area contributed by atoms with Crippen LogP contribution in [-0.2, 0) is 11.3 Å². The molecule has 0 aliphatic rings. The SMILES string of the molecule is NC(=O)CCCCn1cc(Br)c(N)n1. The molecule has 0 fully saturated rings. The van der Waals surface area contributed by atoms with Crippen LogP contribution in [0.25, 0.3) is 0 Å². The number of nitrogens with zero attached hydrogens (tertiary/aromatic N) is 2.